The average molecular weight is 341 g/mol. The van der Waals surface area contributed by atoms with Crippen LogP contribution in [0.3, 0.4) is 0 Å². The molecule has 0 N–H and O–H groups in total. The molecule has 4 nitrogen and oxygen atoms in total. The molecule has 2 rings (SSSR count). The Hall–Kier alpha value is -1.07. The van der Waals surface area contributed by atoms with Crippen LogP contribution in [-0.4, -0.2) is 55.5 Å². The molecule has 1 aliphatic heterocycles. The minimum absolute atomic E-state index is 0.0660. The van der Waals surface area contributed by atoms with E-state index < -0.39 is 0 Å². The van der Waals surface area contributed by atoms with Crippen molar-refractivity contribution in [1.82, 2.24) is 9.80 Å². The van der Waals surface area contributed by atoms with Crippen molar-refractivity contribution in [1.29, 1.82) is 0 Å². The summed E-state index contributed by atoms with van der Waals surface area (Å²) >= 11 is 3.53. The molecule has 1 saturated heterocycles. The molecule has 1 aromatic carbocycles. The number of nitrogens with zero attached hydrogens (tertiary/aromatic N) is 2. The van der Waals surface area contributed by atoms with Gasteiger partial charge < -0.3 is 14.5 Å². The smallest absolute Gasteiger partial charge is 0.260 e. The lowest BCUT2D eigenvalue weighted by Crippen LogP contribution is -2.48. The van der Waals surface area contributed by atoms with E-state index in [1.54, 1.807) is 0 Å². The second-order valence-corrected chi connectivity index (χ2v) is 6.14. The van der Waals surface area contributed by atoms with Crippen LogP contribution in [0.5, 0.6) is 5.75 Å². The molecule has 1 heterocycles. The highest BCUT2D eigenvalue weighted by molar-refractivity contribution is 9.10. The summed E-state index contributed by atoms with van der Waals surface area (Å²) in [5, 5.41) is 0. The monoisotopic (exact) mass is 340 g/mol. The lowest BCUT2D eigenvalue weighted by molar-refractivity contribution is -0.134. The maximum Gasteiger partial charge on any atom is 0.260 e. The summed E-state index contributed by atoms with van der Waals surface area (Å²) in [5.41, 5.74) is 2.24. The van der Waals surface area contributed by atoms with Crippen LogP contribution in [0.2, 0.25) is 0 Å². The Morgan fingerprint density at radius 1 is 1.20 bits per heavy atom. The van der Waals surface area contributed by atoms with Crippen LogP contribution in [0, 0.1) is 13.8 Å². The molecule has 1 fully saturated rings. The normalized spacial score (nSPS) is 16.3. The first kappa shape index (κ1) is 15.3. The fourth-order valence-electron chi connectivity index (χ4n) is 2.28. The minimum atomic E-state index is 0.0660. The Morgan fingerprint density at radius 2 is 1.75 bits per heavy atom. The molecule has 1 amide bonds. The van der Waals surface area contributed by atoms with E-state index >= 15 is 0 Å². The van der Waals surface area contributed by atoms with E-state index in [1.165, 1.54) is 0 Å². The highest BCUT2D eigenvalue weighted by atomic mass is 79.9. The molecule has 1 aromatic rings. The van der Waals surface area contributed by atoms with Crippen LogP contribution in [0.4, 0.5) is 0 Å². The number of aryl methyl sites for hydroxylation is 2. The van der Waals surface area contributed by atoms with Crippen molar-refractivity contribution in [2.75, 3.05) is 39.8 Å². The van der Waals surface area contributed by atoms with Crippen molar-refractivity contribution in [3.05, 3.63) is 27.7 Å². The summed E-state index contributed by atoms with van der Waals surface area (Å²) in [7, 11) is 2.08. The van der Waals surface area contributed by atoms with Crippen LogP contribution in [0.1, 0.15) is 11.1 Å². The van der Waals surface area contributed by atoms with Gasteiger partial charge in [0.1, 0.15) is 5.75 Å². The second-order valence-electron chi connectivity index (χ2n) is 5.34. The molecule has 0 bridgehead atoms. The van der Waals surface area contributed by atoms with Crippen LogP contribution in [-0.2, 0) is 4.79 Å². The largest absolute Gasteiger partial charge is 0.484 e. The number of carbonyl (C=O) groups excluding carboxylic acids is 1. The Balaban J connectivity index is 1.90. The molecule has 0 aromatic heterocycles. The van der Waals surface area contributed by atoms with Gasteiger partial charge in [0, 0.05) is 30.7 Å². The van der Waals surface area contributed by atoms with E-state index in [2.05, 4.69) is 27.9 Å². The number of hydrogen-bond donors (Lipinski definition) is 0. The van der Waals surface area contributed by atoms with Crippen molar-refractivity contribution >= 4 is 21.8 Å². The topological polar surface area (TPSA) is 32.8 Å². The van der Waals surface area contributed by atoms with Crippen molar-refractivity contribution in [2.45, 2.75) is 13.8 Å². The van der Waals surface area contributed by atoms with E-state index in [9.17, 15) is 4.79 Å². The van der Waals surface area contributed by atoms with Crippen LogP contribution in [0.25, 0.3) is 0 Å². The fraction of sp³-hybridized carbons (Fsp3) is 0.533. The van der Waals surface area contributed by atoms with Crippen molar-refractivity contribution in [3.63, 3.8) is 0 Å². The van der Waals surface area contributed by atoms with Crippen LogP contribution in [0.15, 0.2) is 16.6 Å². The third kappa shape index (κ3) is 3.73. The number of piperazine rings is 1. The minimum Gasteiger partial charge on any atom is -0.484 e. The Bertz CT molecular complexity index is 474. The molecule has 20 heavy (non-hydrogen) atoms. The van der Waals surface area contributed by atoms with Crippen molar-refractivity contribution < 1.29 is 9.53 Å². The third-order valence-corrected chi connectivity index (χ3v) is 4.88. The second kappa shape index (κ2) is 6.59. The maximum absolute atomic E-state index is 12.1. The maximum atomic E-state index is 12.1. The van der Waals surface area contributed by atoms with Crippen molar-refractivity contribution in [3.8, 4) is 5.75 Å². The first-order valence-corrected chi connectivity index (χ1v) is 7.62. The quantitative estimate of drug-likeness (QED) is 0.845. The Kier molecular flexibility index (Phi) is 5.05. The zero-order valence-corrected chi connectivity index (χ0v) is 13.9. The number of carbonyl (C=O) groups is 1. The molecule has 0 radical (unpaired) electrons. The Labute approximate surface area is 128 Å². The lowest BCUT2D eigenvalue weighted by Gasteiger charge is -2.32. The van der Waals surface area contributed by atoms with E-state index in [0.29, 0.717) is 0 Å². The van der Waals surface area contributed by atoms with Gasteiger partial charge in [0.2, 0.25) is 0 Å². The standard InChI is InChI=1S/C15H21BrN2O2/c1-11-8-13(9-12(2)15(11)16)20-10-14(19)18-6-4-17(3)5-7-18/h8-9H,4-7,10H2,1-3H3. The summed E-state index contributed by atoms with van der Waals surface area (Å²) < 4.78 is 6.73. The molecule has 0 spiro atoms. The van der Waals surface area contributed by atoms with Gasteiger partial charge in [0.15, 0.2) is 6.61 Å². The van der Waals surface area contributed by atoms with Gasteiger partial charge in [-0.15, -0.1) is 0 Å². The number of rotatable bonds is 3. The number of ether oxygens (including phenoxy) is 1. The zero-order chi connectivity index (χ0) is 14.7. The zero-order valence-electron chi connectivity index (χ0n) is 12.3. The number of likely N-dealkylation sites (N-methyl/N-ethyl adjacent to an activating group) is 1. The van der Waals surface area contributed by atoms with Crippen molar-refractivity contribution in [2.24, 2.45) is 0 Å². The molecule has 5 heteroatoms. The number of amides is 1. The van der Waals surface area contributed by atoms with Gasteiger partial charge in [-0.3, -0.25) is 4.79 Å². The predicted molar refractivity (Wildman–Crippen MR) is 83.2 cm³/mol. The molecule has 0 unspecified atom stereocenters. The SMILES string of the molecule is Cc1cc(OCC(=O)N2CCN(C)CC2)cc(C)c1Br. The molecular weight excluding hydrogens is 320 g/mol. The molecular formula is C15H21BrN2O2. The summed E-state index contributed by atoms with van der Waals surface area (Å²) in [5.74, 6) is 0.821. The van der Waals surface area contributed by atoms with Crippen LogP contribution >= 0.6 is 15.9 Å². The lowest BCUT2D eigenvalue weighted by atomic mass is 10.1. The first-order valence-electron chi connectivity index (χ1n) is 6.83. The molecule has 0 aliphatic carbocycles. The number of benzene rings is 1. The predicted octanol–water partition coefficient (Wildman–Crippen LogP) is 2.22. The fourth-order valence-corrected chi connectivity index (χ4v) is 2.51. The van der Waals surface area contributed by atoms with Gasteiger partial charge in [-0.25, -0.2) is 0 Å². The molecule has 1 aliphatic rings. The molecule has 0 saturated carbocycles. The van der Waals surface area contributed by atoms with E-state index in [0.717, 1.165) is 47.5 Å². The highest BCUT2D eigenvalue weighted by Crippen LogP contribution is 2.26. The average Bonchev–Trinajstić information content (AvgIpc) is 2.42. The van der Waals surface area contributed by atoms with Gasteiger partial charge in [0.05, 0.1) is 0 Å². The summed E-state index contributed by atoms with van der Waals surface area (Å²) in [6.07, 6.45) is 0. The van der Waals surface area contributed by atoms with Crippen LogP contribution < -0.4 is 4.74 Å². The highest BCUT2D eigenvalue weighted by Gasteiger charge is 2.19. The van der Waals surface area contributed by atoms with Gasteiger partial charge in [0.25, 0.3) is 5.91 Å². The van der Waals surface area contributed by atoms with Gasteiger partial charge >= 0.3 is 0 Å². The summed E-state index contributed by atoms with van der Waals surface area (Å²) in [4.78, 5) is 16.2. The summed E-state index contributed by atoms with van der Waals surface area (Å²) in [6, 6.07) is 3.91. The van der Waals surface area contributed by atoms with E-state index in [4.69, 9.17) is 4.74 Å². The number of hydrogen-bond acceptors (Lipinski definition) is 3. The molecule has 110 valence electrons. The van der Waals surface area contributed by atoms with Gasteiger partial charge in [-0.2, -0.15) is 0 Å². The molecule has 0 atom stereocenters. The first-order chi connectivity index (χ1) is 9.47. The van der Waals surface area contributed by atoms with Gasteiger partial charge in [-0.05, 0) is 44.2 Å². The van der Waals surface area contributed by atoms with E-state index in [-0.39, 0.29) is 12.5 Å². The number of halogens is 1. The van der Waals surface area contributed by atoms with E-state index in [1.807, 2.05) is 30.9 Å². The van der Waals surface area contributed by atoms with Gasteiger partial charge in [-0.1, -0.05) is 15.9 Å². The Morgan fingerprint density at radius 3 is 2.30 bits per heavy atom. The summed E-state index contributed by atoms with van der Waals surface area (Å²) in [6.45, 7) is 7.60. The third-order valence-electron chi connectivity index (χ3n) is 3.63.